The van der Waals surface area contributed by atoms with Gasteiger partial charge < -0.3 is 29.2 Å². The summed E-state index contributed by atoms with van der Waals surface area (Å²) in [5.41, 5.74) is 9.59. The minimum Gasteiger partial charge on any atom is -0.464 e. The van der Waals surface area contributed by atoms with Gasteiger partial charge in [-0.15, -0.1) is 16.4 Å². The molecule has 4 aromatic rings. The Kier molecular flexibility index (Phi) is 10.8. The fourth-order valence-corrected chi connectivity index (χ4v) is 10.8. The molecule has 6 aliphatic rings. The number of amides is 2. The predicted octanol–water partition coefficient (Wildman–Crippen LogP) is 5.25. The zero-order chi connectivity index (χ0) is 42.2. The van der Waals surface area contributed by atoms with Gasteiger partial charge in [0.2, 0.25) is 5.91 Å². The number of hydrogen-bond acceptors (Lipinski definition) is 12. The van der Waals surface area contributed by atoms with Crippen molar-refractivity contribution in [1.29, 1.82) is 0 Å². The summed E-state index contributed by atoms with van der Waals surface area (Å²) < 4.78 is 14.5. The molecule has 320 valence electrons. The molecule has 6 atom stereocenters. The highest BCUT2D eigenvalue weighted by Gasteiger charge is 2.53. The van der Waals surface area contributed by atoms with Gasteiger partial charge in [0, 0.05) is 91.0 Å². The third kappa shape index (κ3) is 7.38. The summed E-state index contributed by atoms with van der Waals surface area (Å²) in [6, 6.07) is 7.19. The standard InChI is InChI=1S/C45H59N9O5S/c1-9-53-35-11-10-27-18-30(35)32(41(53)31-19-36(48-49-39(31)26(4)58-8)52-14-12-51(7)13-15-52)21-45(5,6)23-59-44(57)40-28-16-29(17-28)54(50-40)43(56)33(20-37-46-34(27)22-60-37)47-42(55)38-24(2)25(38)3/h10-11,18-19,22,24-26,28-29,33,38,40,50H,9,12-17,20-21,23H2,1-8H3,(H,47,55)/t24-,25+,26-,28?,29?,33-,38?,40-/m0/s1. The summed E-state index contributed by atoms with van der Waals surface area (Å²) in [7, 11) is 3.85. The number of thiazole rings is 1. The molecule has 0 radical (unpaired) electrons. The number of carbonyl (C=O) groups is 3. The molecule has 8 bridgehead atoms. The number of methoxy groups -OCH3 is 1. The zero-order valence-corrected chi connectivity index (χ0v) is 37.0. The van der Waals surface area contributed by atoms with E-state index in [-0.39, 0.29) is 66.6 Å². The number of anilines is 1. The molecule has 14 nitrogen and oxygen atoms in total. The van der Waals surface area contributed by atoms with E-state index in [0.717, 1.165) is 81.7 Å². The SMILES string of the molecule is CCn1c(-c2cc(N3CCN(C)CC3)nnc2[C@H](C)OC)c2c3cc(ccc31)-c1csc(n1)C[C@H](NC(=O)C1[C@@H](C)[C@H]1C)C(=O)N1N[C@H](C(=O)OCC(C)(C)C2)C2CC1C2. The number of aryl methyl sites for hydroxylation is 1. The summed E-state index contributed by atoms with van der Waals surface area (Å²) in [6.45, 7) is 17.1. The minimum atomic E-state index is -0.834. The van der Waals surface area contributed by atoms with Crippen LogP contribution in [0.25, 0.3) is 33.4 Å². The minimum absolute atomic E-state index is 0.0463. The van der Waals surface area contributed by atoms with Gasteiger partial charge in [0.15, 0.2) is 5.82 Å². The van der Waals surface area contributed by atoms with Crippen LogP contribution in [-0.4, -0.2) is 113 Å². The van der Waals surface area contributed by atoms with E-state index in [1.807, 2.05) is 12.3 Å². The Morgan fingerprint density at radius 3 is 2.55 bits per heavy atom. The highest BCUT2D eigenvalue weighted by atomic mass is 32.1. The molecule has 7 heterocycles. The highest BCUT2D eigenvalue weighted by molar-refractivity contribution is 7.10. The van der Waals surface area contributed by atoms with Crippen molar-refractivity contribution in [1.82, 2.24) is 40.4 Å². The molecule has 1 unspecified atom stereocenters. The number of carbonyl (C=O) groups excluding carboxylic acids is 3. The van der Waals surface area contributed by atoms with E-state index in [2.05, 4.69) is 91.0 Å². The van der Waals surface area contributed by atoms with E-state index >= 15 is 0 Å². The van der Waals surface area contributed by atoms with Crippen LogP contribution in [-0.2, 0) is 43.2 Å². The predicted molar refractivity (Wildman–Crippen MR) is 231 cm³/mol. The summed E-state index contributed by atoms with van der Waals surface area (Å²) in [5.74, 6) is 0.616. The molecule has 3 aromatic heterocycles. The maximum Gasteiger partial charge on any atom is 0.325 e. The van der Waals surface area contributed by atoms with Gasteiger partial charge in [-0.3, -0.25) is 19.4 Å². The van der Waals surface area contributed by atoms with Crippen LogP contribution < -0.4 is 15.6 Å². The lowest BCUT2D eigenvalue weighted by Gasteiger charge is -2.53. The quantitative estimate of drug-likeness (QED) is 0.236. The number of esters is 1. The first kappa shape index (κ1) is 40.9. The van der Waals surface area contributed by atoms with Crippen molar-refractivity contribution >= 4 is 45.8 Å². The van der Waals surface area contributed by atoms with Crippen molar-refractivity contribution in [3.63, 3.8) is 0 Å². The summed E-state index contributed by atoms with van der Waals surface area (Å²) in [4.78, 5) is 51.8. The Bertz CT molecular complexity index is 2300. The molecule has 1 aromatic carbocycles. The lowest BCUT2D eigenvalue weighted by atomic mass is 9.73. The number of benzene rings is 1. The number of ether oxygens (including phenoxy) is 2. The van der Waals surface area contributed by atoms with Crippen LogP contribution in [0.5, 0.6) is 0 Å². The normalized spacial score (nSPS) is 28.5. The Labute approximate surface area is 356 Å². The third-order valence-corrected chi connectivity index (χ3v) is 15.0. The second kappa shape index (κ2) is 15.8. The maximum absolute atomic E-state index is 14.4. The summed E-state index contributed by atoms with van der Waals surface area (Å²) >= 11 is 1.50. The van der Waals surface area contributed by atoms with E-state index < -0.39 is 17.5 Å². The van der Waals surface area contributed by atoms with Crippen LogP contribution in [0.3, 0.4) is 0 Å². The Morgan fingerprint density at radius 1 is 1.10 bits per heavy atom. The number of rotatable bonds is 7. The lowest BCUT2D eigenvalue weighted by molar-refractivity contribution is -0.171. The van der Waals surface area contributed by atoms with E-state index in [1.54, 1.807) is 12.1 Å². The zero-order valence-electron chi connectivity index (χ0n) is 36.2. The first-order valence-corrected chi connectivity index (χ1v) is 22.6. The Balaban J connectivity index is 1.17. The average Bonchev–Trinajstić information content (AvgIpc) is 3.50. The second-order valence-corrected chi connectivity index (χ2v) is 19.7. The van der Waals surface area contributed by atoms with Gasteiger partial charge in [0.1, 0.15) is 17.8 Å². The van der Waals surface area contributed by atoms with Crippen LogP contribution in [0.15, 0.2) is 29.6 Å². The number of hydrogen-bond donors (Lipinski definition) is 2. The molecule has 15 heteroatoms. The fourth-order valence-electron chi connectivity index (χ4n) is 9.92. The van der Waals surface area contributed by atoms with Crippen molar-refractivity contribution in [3.8, 4) is 22.5 Å². The number of hydrazine groups is 1. The Morgan fingerprint density at radius 2 is 1.85 bits per heavy atom. The topological polar surface area (TPSA) is 147 Å². The largest absolute Gasteiger partial charge is 0.464 e. The van der Waals surface area contributed by atoms with Crippen molar-refractivity contribution in [3.05, 3.63) is 45.9 Å². The van der Waals surface area contributed by atoms with Crippen molar-refractivity contribution in [2.45, 2.75) is 98.0 Å². The van der Waals surface area contributed by atoms with E-state index in [0.29, 0.717) is 25.8 Å². The lowest BCUT2D eigenvalue weighted by Crippen LogP contribution is -2.71. The molecule has 2 N–H and O–H groups in total. The first-order chi connectivity index (χ1) is 28.7. The fraction of sp³-hybridized carbons (Fsp3) is 0.600. The number of cyclic esters (lactones) is 1. The monoisotopic (exact) mass is 837 g/mol. The first-order valence-electron chi connectivity index (χ1n) is 21.8. The molecule has 2 saturated carbocycles. The smallest absolute Gasteiger partial charge is 0.325 e. The van der Waals surface area contributed by atoms with Crippen molar-refractivity contribution in [2.24, 2.45) is 29.1 Å². The highest BCUT2D eigenvalue weighted by Crippen LogP contribution is 2.46. The third-order valence-electron chi connectivity index (χ3n) is 14.1. The van der Waals surface area contributed by atoms with Gasteiger partial charge >= 0.3 is 5.97 Å². The van der Waals surface area contributed by atoms with Gasteiger partial charge in [-0.05, 0) is 81.7 Å². The van der Waals surface area contributed by atoms with Crippen LogP contribution in [0.4, 0.5) is 5.82 Å². The van der Waals surface area contributed by atoms with E-state index in [4.69, 9.17) is 24.7 Å². The molecule has 60 heavy (non-hydrogen) atoms. The van der Waals surface area contributed by atoms with Crippen LogP contribution in [0, 0.1) is 29.1 Å². The van der Waals surface area contributed by atoms with Gasteiger partial charge in [0.05, 0.1) is 29.1 Å². The molecule has 4 aliphatic heterocycles. The number of aromatic nitrogens is 4. The number of nitrogens with zero attached hydrogens (tertiary/aromatic N) is 7. The van der Waals surface area contributed by atoms with Gasteiger partial charge in [-0.2, -0.15) is 5.10 Å². The number of piperazine rings is 1. The summed E-state index contributed by atoms with van der Waals surface area (Å²) in [5, 5.41) is 18.3. The van der Waals surface area contributed by atoms with Crippen LogP contribution in [0.1, 0.15) is 76.8 Å². The molecular weight excluding hydrogens is 779 g/mol. The van der Waals surface area contributed by atoms with Gasteiger partial charge in [-0.25, -0.2) is 10.4 Å². The van der Waals surface area contributed by atoms with Crippen LogP contribution in [0.2, 0.25) is 0 Å². The molecular formula is C45H59N9O5S. The molecule has 5 fully saturated rings. The van der Waals surface area contributed by atoms with Crippen molar-refractivity contribution in [2.75, 3.05) is 51.8 Å². The molecule has 10 rings (SSSR count). The van der Waals surface area contributed by atoms with Crippen LogP contribution >= 0.6 is 11.3 Å². The Hall–Kier alpha value is -4.44. The van der Waals surface area contributed by atoms with Gasteiger partial charge in [0.25, 0.3) is 5.91 Å². The average molecular weight is 838 g/mol. The van der Waals surface area contributed by atoms with E-state index in [9.17, 15) is 14.4 Å². The molecule has 0 spiro atoms. The van der Waals surface area contributed by atoms with E-state index in [1.165, 1.54) is 11.3 Å². The maximum atomic E-state index is 14.4. The number of fused-ring (bicyclic) bond motifs is 4. The summed E-state index contributed by atoms with van der Waals surface area (Å²) in [6.07, 6.45) is 1.95. The second-order valence-electron chi connectivity index (χ2n) is 18.8. The van der Waals surface area contributed by atoms with Gasteiger partial charge in [-0.1, -0.05) is 33.8 Å². The number of nitrogens with one attached hydrogen (secondary N) is 2. The molecule has 2 amide bonds. The number of likely N-dealkylation sites (N-methyl/N-ethyl adjacent to an activating group) is 1. The van der Waals surface area contributed by atoms with Crippen molar-refractivity contribution < 1.29 is 23.9 Å². The molecule has 3 saturated heterocycles. The molecule has 2 aliphatic carbocycles.